The summed E-state index contributed by atoms with van der Waals surface area (Å²) in [6.07, 6.45) is 2.23. The molecule has 1 aliphatic carbocycles. The Balaban J connectivity index is 1.52. The van der Waals surface area contributed by atoms with Crippen molar-refractivity contribution in [3.8, 4) is 0 Å². The number of nitrogens with one attached hydrogen (secondary N) is 1. The van der Waals surface area contributed by atoms with Crippen LogP contribution in [0.25, 0.3) is 0 Å². The van der Waals surface area contributed by atoms with Crippen LogP contribution >= 0.6 is 11.3 Å². The van der Waals surface area contributed by atoms with E-state index in [1.54, 1.807) is 0 Å². The predicted octanol–water partition coefficient (Wildman–Crippen LogP) is 1.91. The Morgan fingerprint density at radius 3 is 2.77 bits per heavy atom. The van der Waals surface area contributed by atoms with Crippen molar-refractivity contribution in [2.24, 2.45) is 0 Å². The number of anilines is 1. The van der Waals surface area contributed by atoms with Gasteiger partial charge in [0.25, 0.3) is 17.7 Å². The van der Waals surface area contributed by atoms with Crippen LogP contribution in [0.5, 0.6) is 0 Å². The predicted molar refractivity (Wildman–Crippen MR) is 93.5 cm³/mol. The highest BCUT2D eigenvalue weighted by molar-refractivity contribution is 7.15. The number of hydrogen-bond acceptors (Lipinski definition) is 7. The molecule has 0 unspecified atom stereocenters. The second-order valence-electron chi connectivity index (χ2n) is 6.19. The van der Waals surface area contributed by atoms with Crippen LogP contribution < -0.4 is 5.32 Å². The first-order chi connectivity index (χ1) is 12.6. The quantitative estimate of drug-likeness (QED) is 0.777. The monoisotopic (exact) mass is 372 g/mol. The highest BCUT2D eigenvalue weighted by Crippen LogP contribution is 2.42. The molecule has 0 bridgehead atoms. The van der Waals surface area contributed by atoms with Gasteiger partial charge in [0, 0.05) is 18.6 Å². The summed E-state index contributed by atoms with van der Waals surface area (Å²) in [6, 6.07) is 4.48. The number of methoxy groups -OCH3 is 1. The lowest BCUT2D eigenvalue weighted by molar-refractivity contribution is 0.0603. The van der Waals surface area contributed by atoms with Crippen LogP contribution in [0.1, 0.15) is 54.8 Å². The summed E-state index contributed by atoms with van der Waals surface area (Å²) in [7, 11) is 1.50. The van der Waals surface area contributed by atoms with Crippen LogP contribution in [0.15, 0.2) is 18.2 Å². The summed E-state index contributed by atoms with van der Waals surface area (Å²) in [6.45, 7) is 0.443. The van der Waals surface area contributed by atoms with Gasteiger partial charge in [-0.25, -0.2) is 0 Å². The SMILES string of the molecule is COCCN1C(=O)c2ccc(C(=O)Nc3nnc(C4CC4)s3)cc2C1=O. The van der Waals surface area contributed by atoms with Gasteiger partial charge in [-0.1, -0.05) is 11.3 Å². The molecule has 0 saturated heterocycles. The van der Waals surface area contributed by atoms with Crippen molar-refractivity contribution in [2.75, 3.05) is 25.6 Å². The molecule has 1 aromatic heterocycles. The molecule has 26 heavy (non-hydrogen) atoms. The summed E-state index contributed by atoms with van der Waals surface area (Å²) >= 11 is 1.36. The number of aromatic nitrogens is 2. The second kappa shape index (κ2) is 6.58. The van der Waals surface area contributed by atoms with Crippen molar-refractivity contribution < 1.29 is 19.1 Å². The molecule has 2 aromatic rings. The van der Waals surface area contributed by atoms with Gasteiger partial charge in [-0.2, -0.15) is 0 Å². The number of imide groups is 1. The van der Waals surface area contributed by atoms with E-state index in [1.165, 1.54) is 36.6 Å². The van der Waals surface area contributed by atoms with E-state index in [1.807, 2.05) is 0 Å². The third kappa shape index (κ3) is 2.99. The van der Waals surface area contributed by atoms with Crippen LogP contribution in [-0.2, 0) is 4.74 Å². The lowest BCUT2D eigenvalue weighted by atomic mass is 10.1. The van der Waals surface area contributed by atoms with Crippen molar-refractivity contribution >= 4 is 34.2 Å². The Morgan fingerprint density at radius 1 is 1.27 bits per heavy atom. The minimum absolute atomic E-state index is 0.180. The van der Waals surface area contributed by atoms with Gasteiger partial charge in [0.05, 0.1) is 24.3 Å². The second-order valence-corrected chi connectivity index (χ2v) is 7.20. The van der Waals surface area contributed by atoms with Gasteiger partial charge in [-0.15, -0.1) is 10.2 Å². The Hall–Kier alpha value is -2.65. The average Bonchev–Trinajstić information content (AvgIpc) is 3.35. The summed E-state index contributed by atoms with van der Waals surface area (Å²) in [4.78, 5) is 38.3. The zero-order valence-corrected chi connectivity index (χ0v) is 14.8. The fourth-order valence-electron chi connectivity index (χ4n) is 2.77. The smallest absolute Gasteiger partial charge is 0.261 e. The molecule has 134 valence electrons. The van der Waals surface area contributed by atoms with Crippen LogP contribution in [0, 0.1) is 0 Å². The molecule has 0 radical (unpaired) electrons. The summed E-state index contributed by atoms with van der Waals surface area (Å²) < 4.78 is 4.93. The molecule has 1 aromatic carbocycles. The number of rotatable bonds is 6. The molecule has 2 heterocycles. The molecule has 1 fully saturated rings. The van der Waals surface area contributed by atoms with Crippen molar-refractivity contribution in [3.05, 3.63) is 39.9 Å². The summed E-state index contributed by atoms with van der Waals surface area (Å²) in [5.74, 6) is -0.697. The van der Waals surface area contributed by atoms with E-state index >= 15 is 0 Å². The molecule has 1 N–H and O–H groups in total. The number of benzene rings is 1. The molecule has 9 heteroatoms. The van der Waals surface area contributed by atoms with Crippen LogP contribution in [0.3, 0.4) is 0 Å². The zero-order valence-electron chi connectivity index (χ0n) is 14.0. The van der Waals surface area contributed by atoms with E-state index in [4.69, 9.17) is 4.74 Å². The first kappa shape index (κ1) is 16.8. The summed E-state index contributed by atoms with van der Waals surface area (Å²) in [5, 5.41) is 12.1. The number of fused-ring (bicyclic) bond motifs is 1. The van der Waals surface area contributed by atoms with Crippen LogP contribution in [-0.4, -0.2) is 53.1 Å². The van der Waals surface area contributed by atoms with E-state index in [0.29, 0.717) is 22.2 Å². The largest absolute Gasteiger partial charge is 0.383 e. The van der Waals surface area contributed by atoms with E-state index in [2.05, 4.69) is 15.5 Å². The molecule has 8 nitrogen and oxygen atoms in total. The number of carbonyl (C=O) groups excluding carboxylic acids is 3. The van der Waals surface area contributed by atoms with Gasteiger partial charge in [0.15, 0.2) is 0 Å². The maximum absolute atomic E-state index is 12.4. The third-order valence-electron chi connectivity index (χ3n) is 4.34. The van der Waals surface area contributed by atoms with Gasteiger partial charge in [0.2, 0.25) is 5.13 Å². The Morgan fingerprint density at radius 2 is 2.04 bits per heavy atom. The van der Waals surface area contributed by atoms with E-state index in [-0.39, 0.29) is 30.5 Å². The number of carbonyl (C=O) groups is 3. The first-order valence-corrected chi connectivity index (χ1v) is 9.04. The molecule has 1 saturated carbocycles. The molecule has 4 rings (SSSR count). The fraction of sp³-hybridized carbons (Fsp3) is 0.353. The number of ether oxygens (including phenoxy) is 1. The molecule has 0 spiro atoms. The van der Waals surface area contributed by atoms with Crippen molar-refractivity contribution in [3.63, 3.8) is 0 Å². The first-order valence-electron chi connectivity index (χ1n) is 8.22. The van der Waals surface area contributed by atoms with Gasteiger partial charge < -0.3 is 4.74 Å². The number of nitrogens with zero attached hydrogens (tertiary/aromatic N) is 3. The third-order valence-corrected chi connectivity index (χ3v) is 5.34. The molecule has 3 amide bonds. The van der Waals surface area contributed by atoms with Crippen LogP contribution in [0.4, 0.5) is 5.13 Å². The topological polar surface area (TPSA) is 101 Å². The number of hydrogen-bond donors (Lipinski definition) is 1. The minimum Gasteiger partial charge on any atom is -0.383 e. The van der Waals surface area contributed by atoms with E-state index in [0.717, 1.165) is 22.7 Å². The van der Waals surface area contributed by atoms with Gasteiger partial charge in [-0.05, 0) is 31.0 Å². The number of amides is 3. The Labute approximate surface area is 153 Å². The molecule has 1 aliphatic heterocycles. The lowest BCUT2D eigenvalue weighted by Crippen LogP contribution is -2.32. The van der Waals surface area contributed by atoms with E-state index < -0.39 is 5.91 Å². The van der Waals surface area contributed by atoms with Crippen molar-refractivity contribution in [2.45, 2.75) is 18.8 Å². The van der Waals surface area contributed by atoms with Gasteiger partial charge in [0.1, 0.15) is 5.01 Å². The lowest BCUT2D eigenvalue weighted by Gasteiger charge is -2.12. The summed E-state index contributed by atoms with van der Waals surface area (Å²) in [5.41, 5.74) is 0.825. The maximum Gasteiger partial charge on any atom is 0.261 e. The van der Waals surface area contributed by atoms with Gasteiger partial charge in [-0.3, -0.25) is 24.6 Å². The Kier molecular flexibility index (Phi) is 4.25. The maximum atomic E-state index is 12.4. The fourth-order valence-corrected chi connectivity index (χ4v) is 3.67. The van der Waals surface area contributed by atoms with Crippen LogP contribution in [0.2, 0.25) is 0 Å². The van der Waals surface area contributed by atoms with Gasteiger partial charge >= 0.3 is 0 Å². The molecule has 0 atom stereocenters. The van der Waals surface area contributed by atoms with Crippen molar-refractivity contribution in [1.29, 1.82) is 0 Å². The zero-order chi connectivity index (χ0) is 18.3. The highest BCUT2D eigenvalue weighted by Gasteiger charge is 2.35. The Bertz CT molecular complexity index is 906. The van der Waals surface area contributed by atoms with Crippen molar-refractivity contribution in [1.82, 2.24) is 15.1 Å². The normalized spacial score (nSPS) is 16.1. The highest BCUT2D eigenvalue weighted by atomic mass is 32.1. The molecular weight excluding hydrogens is 356 g/mol. The minimum atomic E-state index is -0.413. The van der Waals surface area contributed by atoms with E-state index in [9.17, 15) is 14.4 Å². The standard InChI is InChI=1S/C17H16N4O4S/c1-25-7-6-21-15(23)11-5-4-10(8-12(11)16(21)24)13(22)18-17-20-19-14(26-17)9-2-3-9/h4-5,8-9H,2-3,6-7H2,1H3,(H,18,20,22). The molecular formula is C17H16N4O4S. The molecule has 2 aliphatic rings. The average molecular weight is 372 g/mol.